The van der Waals surface area contributed by atoms with Crippen LogP contribution in [0.15, 0.2) is 24.3 Å². The Morgan fingerprint density at radius 2 is 2.18 bits per heavy atom. The van der Waals surface area contributed by atoms with Gasteiger partial charge in [0.25, 0.3) is 0 Å². The SMILES string of the molecule is Cc1cccc(NC(=O)NCC(=O)N2CCNC[C@H]2C)c1.Cl. The van der Waals surface area contributed by atoms with Gasteiger partial charge in [-0.1, -0.05) is 12.1 Å². The van der Waals surface area contributed by atoms with E-state index in [-0.39, 0.29) is 36.9 Å². The predicted molar refractivity (Wildman–Crippen MR) is 89.5 cm³/mol. The van der Waals surface area contributed by atoms with Gasteiger partial charge in [0.1, 0.15) is 0 Å². The Morgan fingerprint density at radius 1 is 1.41 bits per heavy atom. The largest absolute Gasteiger partial charge is 0.336 e. The van der Waals surface area contributed by atoms with Crippen molar-refractivity contribution in [3.8, 4) is 0 Å². The Kier molecular flexibility index (Phi) is 7.14. The first-order valence-corrected chi connectivity index (χ1v) is 7.18. The summed E-state index contributed by atoms with van der Waals surface area (Å²) < 4.78 is 0. The molecule has 0 radical (unpaired) electrons. The molecular weight excluding hydrogens is 304 g/mol. The molecule has 1 aliphatic heterocycles. The highest BCUT2D eigenvalue weighted by Crippen LogP contribution is 2.09. The molecule has 1 aliphatic rings. The maximum atomic E-state index is 12.1. The molecule has 0 bridgehead atoms. The summed E-state index contributed by atoms with van der Waals surface area (Å²) in [6.45, 7) is 6.24. The lowest BCUT2D eigenvalue weighted by atomic mass is 10.2. The van der Waals surface area contributed by atoms with Gasteiger partial charge in [0.2, 0.25) is 5.91 Å². The van der Waals surface area contributed by atoms with Crippen LogP contribution in [0.3, 0.4) is 0 Å². The number of hydrogen-bond acceptors (Lipinski definition) is 3. The number of urea groups is 1. The molecule has 0 aliphatic carbocycles. The highest BCUT2D eigenvalue weighted by molar-refractivity contribution is 5.92. The average Bonchev–Trinajstić information content (AvgIpc) is 2.45. The topological polar surface area (TPSA) is 73.5 Å². The molecule has 3 amide bonds. The minimum atomic E-state index is -0.364. The molecule has 0 saturated carbocycles. The summed E-state index contributed by atoms with van der Waals surface area (Å²) in [7, 11) is 0. The number of halogens is 1. The van der Waals surface area contributed by atoms with Crippen molar-refractivity contribution < 1.29 is 9.59 Å². The zero-order valence-electron chi connectivity index (χ0n) is 12.9. The normalized spacial score (nSPS) is 17.4. The molecule has 22 heavy (non-hydrogen) atoms. The number of nitrogens with zero attached hydrogens (tertiary/aromatic N) is 1. The van der Waals surface area contributed by atoms with Crippen LogP contribution in [-0.4, -0.2) is 49.1 Å². The van der Waals surface area contributed by atoms with E-state index in [0.717, 1.165) is 24.3 Å². The molecule has 1 aromatic carbocycles. The first-order valence-electron chi connectivity index (χ1n) is 7.18. The van der Waals surface area contributed by atoms with Crippen molar-refractivity contribution in [2.24, 2.45) is 0 Å². The van der Waals surface area contributed by atoms with Gasteiger partial charge in [-0.15, -0.1) is 12.4 Å². The fourth-order valence-electron chi connectivity index (χ4n) is 2.37. The van der Waals surface area contributed by atoms with Crippen molar-refractivity contribution in [2.75, 3.05) is 31.5 Å². The van der Waals surface area contributed by atoms with Crippen LogP contribution >= 0.6 is 12.4 Å². The molecule has 0 aromatic heterocycles. The van der Waals surface area contributed by atoms with E-state index in [1.54, 1.807) is 4.90 Å². The Labute approximate surface area is 137 Å². The summed E-state index contributed by atoms with van der Waals surface area (Å²) in [6.07, 6.45) is 0. The number of carbonyl (C=O) groups excluding carboxylic acids is 2. The highest BCUT2D eigenvalue weighted by atomic mass is 35.5. The van der Waals surface area contributed by atoms with Gasteiger partial charge in [0.15, 0.2) is 0 Å². The molecule has 6 nitrogen and oxygen atoms in total. The summed E-state index contributed by atoms with van der Waals surface area (Å²) in [6, 6.07) is 7.31. The van der Waals surface area contributed by atoms with E-state index in [9.17, 15) is 9.59 Å². The van der Waals surface area contributed by atoms with Crippen LogP contribution in [0.1, 0.15) is 12.5 Å². The molecule has 1 saturated heterocycles. The van der Waals surface area contributed by atoms with Crippen LogP contribution in [0.25, 0.3) is 0 Å². The van der Waals surface area contributed by atoms with Gasteiger partial charge in [-0.2, -0.15) is 0 Å². The minimum absolute atomic E-state index is 0. The highest BCUT2D eigenvalue weighted by Gasteiger charge is 2.22. The molecule has 1 atom stereocenters. The van der Waals surface area contributed by atoms with Crippen molar-refractivity contribution in [1.82, 2.24) is 15.5 Å². The third-order valence-electron chi connectivity index (χ3n) is 3.50. The van der Waals surface area contributed by atoms with Gasteiger partial charge in [-0.25, -0.2) is 4.79 Å². The number of benzene rings is 1. The summed E-state index contributed by atoms with van der Waals surface area (Å²) >= 11 is 0. The first-order chi connectivity index (χ1) is 10.1. The number of amides is 3. The summed E-state index contributed by atoms with van der Waals surface area (Å²) in [5.74, 6) is -0.0524. The lowest BCUT2D eigenvalue weighted by Crippen LogP contribution is -2.54. The van der Waals surface area contributed by atoms with Crippen molar-refractivity contribution in [3.05, 3.63) is 29.8 Å². The van der Waals surface area contributed by atoms with E-state index in [1.165, 1.54) is 0 Å². The molecule has 2 rings (SSSR count). The van der Waals surface area contributed by atoms with Crippen molar-refractivity contribution in [3.63, 3.8) is 0 Å². The van der Waals surface area contributed by atoms with E-state index >= 15 is 0 Å². The third kappa shape index (κ3) is 5.20. The molecule has 3 N–H and O–H groups in total. The van der Waals surface area contributed by atoms with E-state index in [4.69, 9.17) is 0 Å². The number of nitrogens with one attached hydrogen (secondary N) is 3. The number of rotatable bonds is 3. The molecule has 1 fully saturated rings. The van der Waals surface area contributed by atoms with Crippen LogP contribution in [0, 0.1) is 6.92 Å². The first kappa shape index (κ1) is 18.3. The Hall–Kier alpha value is -1.79. The summed E-state index contributed by atoms with van der Waals surface area (Å²) in [4.78, 5) is 25.7. The van der Waals surface area contributed by atoms with Crippen LogP contribution in [-0.2, 0) is 4.79 Å². The Morgan fingerprint density at radius 3 is 2.86 bits per heavy atom. The number of carbonyl (C=O) groups is 2. The minimum Gasteiger partial charge on any atom is -0.336 e. The van der Waals surface area contributed by atoms with Crippen LogP contribution in [0.4, 0.5) is 10.5 Å². The van der Waals surface area contributed by atoms with E-state index in [2.05, 4.69) is 16.0 Å². The molecule has 0 spiro atoms. The fourth-order valence-corrected chi connectivity index (χ4v) is 2.37. The van der Waals surface area contributed by atoms with Gasteiger partial charge in [-0.3, -0.25) is 4.79 Å². The number of piperazine rings is 1. The van der Waals surface area contributed by atoms with Gasteiger partial charge < -0.3 is 20.9 Å². The standard InChI is InChI=1S/C15H22N4O2.ClH/c1-11-4-3-5-13(8-11)18-15(21)17-10-14(20)19-7-6-16-9-12(19)2;/h3-5,8,12,16H,6-7,9-10H2,1-2H3,(H2,17,18,21);1H/t12-;/m1./s1. The number of hydrogen-bond donors (Lipinski definition) is 3. The van der Waals surface area contributed by atoms with Gasteiger partial charge in [-0.05, 0) is 31.5 Å². The second-order valence-electron chi connectivity index (χ2n) is 5.32. The van der Waals surface area contributed by atoms with E-state index in [0.29, 0.717) is 6.54 Å². The van der Waals surface area contributed by atoms with Crippen LogP contribution in [0.2, 0.25) is 0 Å². The molecule has 0 unspecified atom stereocenters. The zero-order valence-corrected chi connectivity index (χ0v) is 13.7. The lowest BCUT2D eigenvalue weighted by Gasteiger charge is -2.34. The van der Waals surface area contributed by atoms with Gasteiger partial charge in [0, 0.05) is 31.4 Å². The van der Waals surface area contributed by atoms with E-state index < -0.39 is 0 Å². The smallest absolute Gasteiger partial charge is 0.319 e. The zero-order chi connectivity index (χ0) is 15.2. The molecule has 1 aromatic rings. The average molecular weight is 327 g/mol. The van der Waals surface area contributed by atoms with Crippen LogP contribution in [0.5, 0.6) is 0 Å². The number of aryl methyl sites for hydroxylation is 1. The summed E-state index contributed by atoms with van der Waals surface area (Å²) in [5.41, 5.74) is 1.79. The molecular formula is C15H23ClN4O2. The van der Waals surface area contributed by atoms with Gasteiger partial charge >= 0.3 is 6.03 Å². The maximum absolute atomic E-state index is 12.1. The predicted octanol–water partition coefficient (Wildman–Crippen LogP) is 1.36. The van der Waals surface area contributed by atoms with Crippen LogP contribution < -0.4 is 16.0 Å². The van der Waals surface area contributed by atoms with Crippen molar-refractivity contribution in [1.29, 1.82) is 0 Å². The maximum Gasteiger partial charge on any atom is 0.319 e. The monoisotopic (exact) mass is 326 g/mol. The molecule has 122 valence electrons. The summed E-state index contributed by atoms with van der Waals surface area (Å²) in [5, 5.41) is 8.55. The van der Waals surface area contributed by atoms with Crippen molar-refractivity contribution in [2.45, 2.75) is 19.9 Å². The van der Waals surface area contributed by atoms with Crippen molar-refractivity contribution >= 4 is 30.0 Å². The van der Waals surface area contributed by atoms with Gasteiger partial charge in [0.05, 0.1) is 6.54 Å². The second-order valence-corrected chi connectivity index (χ2v) is 5.32. The third-order valence-corrected chi connectivity index (χ3v) is 3.50. The second kappa shape index (κ2) is 8.60. The quantitative estimate of drug-likeness (QED) is 0.785. The Balaban J connectivity index is 0.00000242. The number of anilines is 1. The van der Waals surface area contributed by atoms with E-state index in [1.807, 2.05) is 38.1 Å². The Bertz CT molecular complexity index is 524. The lowest BCUT2D eigenvalue weighted by molar-refractivity contribution is -0.132. The fraction of sp³-hybridized carbons (Fsp3) is 0.467. The molecule has 7 heteroatoms. The molecule has 1 heterocycles.